The molecule has 2 aliphatic carbocycles. The largest absolute Gasteiger partial charge is 0.335 e. The van der Waals surface area contributed by atoms with E-state index in [1.54, 1.807) is 0 Å². The molecule has 2 saturated carbocycles. The molecule has 7 nitrogen and oxygen atoms in total. The van der Waals surface area contributed by atoms with Crippen LogP contribution in [0.4, 0.5) is 5.82 Å². The fraction of sp³-hybridized carbons (Fsp3) is 0.474. The van der Waals surface area contributed by atoms with Crippen molar-refractivity contribution in [2.45, 2.75) is 57.4 Å². The number of anilines is 1. The number of hydrogen-bond acceptors (Lipinski definition) is 5. The fourth-order valence-electron chi connectivity index (χ4n) is 3.27. The van der Waals surface area contributed by atoms with E-state index in [-0.39, 0.29) is 11.9 Å². The zero-order chi connectivity index (χ0) is 17.8. The van der Waals surface area contributed by atoms with Gasteiger partial charge in [0, 0.05) is 35.8 Å². The van der Waals surface area contributed by atoms with Crippen LogP contribution in [0.2, 0.25) is 0 Å². The van der Waals surface area contributed by atoms with Crippen molar-refractivity contribution in [3.8, 4) is 0 Å². The topological polar surface area (TPSA) is 85.8 Å². The third-order valence-corrected chi connectivity index (χ3v) is 5.08. The van der Waals surface area contributed by atoms with Crippen LogP contribution in [0.25, 0.3) is 11.1 Å². The number of rotatable bonds is 5. The molecule has 0 unspecified atom stereocenters. The lowest BCUT2D eigenvalue weighted by Crippen LogP contribution is -2.14. The Morgan fingerprint density at radius 1 is 1.27 bits per heavy atom. The van der Waals surface area contributed by atoms with Gasteiger partial charge in [0.2, 0.25) is 0 Å². The molecule has 1 amide bonds. The highest BCUT2D eigenvalue weighted by molar-refractivity contribution is 6.12. The van der Waals surface area contributed by atoms with Crippen molar-refractivity contribution in [3.63, 3.8) is 0 Å². The lowest BCUT2D eigenvalue weighted by atomic mass is 10.1. The van der Waals surface area contributed by atoms with Crippen LogP contribution in [0.5, 0.6) is 0 Å². The first-order chi connectivity index (χ1) is 12.6. The van der Waals surface area contributed by atoms with Gasteiger partial charge in [0.15, 0.2) is 5.82 Å². The second-order valence-electron chi connectivity index (χ2n) is 7.62. The summed E-state index contributed by atoms with van der Waals surface area (Å²) in [5.41, 5.74) is 2.87. The Bertz CT molecular complexity index is 995. The second kappa shape index (κ2) is 5.65. The number of amides is 1. The van der Waals surface area contributed by atoms with Gasteiger partial charge in [-0.2, -0.15) is 5.10 Å². The monoisotopic (exact) mass is 351 g/mol. The van der Waals surface area contributed by atoms with Crippen molar-refractivity contribution in [2.75, 3.05) is 5.32 Å². The van der Waals surface area contributed by atoms with E-state index in [0.717, 1.165) is 42.5 Å². The summed E-state index contributed by atoms with van der Waals surface area (Å²) in [7, 11) is 0. The van der Waals surface area contributed by atoms with Crippen LogP contribution >= 0.6 is 0 Å². The molecule has 7 heteroatoms. The molecule has 3 aromatic heterocycles. The van der Waals surface area contributed by atoms with Gasteiger partial charge >= 0.3 is 0 Å². The van der Waals surface area contributed by atoms with Gasteiger partial charge in [-0.15, -0.1) is 0 Å². The van der Waals surface area contributed by atoms with Crippen LogP contribution in [0, 0.1) is 0 Å². The summed E-state index contributed by atoms with van der Waals surface area (Å²) in [5, 5.41) is 12.3. The lowest BCUT2D eigenvalue weighted by molar-refractivity contribution is 0.102. The Kier molecular flexibility index (Phi) is 3.38. The SMILES string of the molecule is CC(C)n1ccc(NC(=O)c2cc(C3CC3)nc3onc(C4CC4)c23)n1. The molecule has 3 aromatic rings. The van der Waals surface area contributed by atoms with Crippen LogP contribution in [0.15, 0.2) is 22.9 Å². The summed E-state index contributed by atoms with van der Waals surface area (Å²) in [5.74, 6) is 1.18. The third-order valence-electron chi connectivity index (χ3n) is 5.08. The van der Waals surface area contributed by atoms with E-state index in [9.17, 15) is 4.79 Å². The van der Waals surface area contributed by atoms with Gasteiger partial charge in [-0.3, -0.25) is 9.48 Å². The van der Waals surface area contributed by atoms with Crippen molar-refractivity contribution in [2.24, 2.45) is 0 Å². The minimum absolute atomic E-state index is 0.182. The van der Waals surface area contributed by atoms with E-state index < -0.39 is 0 Å². The third kappa shape index (κ3) is 2.67. The van der Waals surface area contributed by atoms with Crippen LogP contribution in [-0.2, 0) is 0 Å². The van der Waals surface area contributed by atoms with Crippen molar-refractivity contribution < 1.29 is 9.32 Å². The zero-order valence-electron chi connectivity index (χ0n) is 14.9. The average molecular weight is 351 g/mol. The van der Waals surface area contributed by atoms with E-state index in [1.165, 1.54) is 0 Å². The second-order valence-corrected chi connectivity index (χ2v) is 7.62. The molecule has 0 aliphatic heterocycles. The molecule has 0 radical (unpaired) electrons. The minimum Gasteiger partial charge on any atom is -0.335 e. The predicted molar refractivity (Wildman–Crippen MR) is 96.3 cm³/mol. The zero-order valence-corrected chi connectivity index (χ0v) is 14.9. The van der Waals surface area contributed by atoms with Gasteiger partial charge in [-0.1, -0.05) is 5.16 Å². The van der Waals surface area contributed by atoms with Crippen LogP contribution < -0.4 is 5.32 Å². The number of pyridine rings is 1. The number of fused-ring (bicyclic) bond motifs is 1. The molecule has 2 aliphatic rings. The molecular formula is C19H21N5O2. The Balaban J connectivity index is 1.54. The Labute approximate surface area is 150 Å². The number of carbonyl (C=O) groups excluding carboxylic acids is 1. The summed E-state index contributed by atoms with van der Waals surface area (Å²) in [6.07, 6.45) is 6.27. The van der Waals surface area contributed by atoms with Gasteiger partial charge in [-0.25, -0.2) is 4.98 Å². The van der Waals surface area contributed by atoms with Crippen LogP contribution in [0.3, 0.4) is 0 Å². The van der Waals surface area contributed by atoms with E-state index in [0.29, 0.717) is 28.9 Å². The molecule has 0 atom stereocenters. The van der Waals surface area contributed by atoms with E-state index in [4.69, 9.17) is 4.52 Å². The fourth-order valence-corrected chi connectivity index (χ4v) is 3.27. The van der Waals surface area contributed by atoms with E-state index in [2.05, 4.69) is 20.6 Å². The summed E-state index contributed by atoms with van der Waals surface area (Å²) >= 11 is 0. The quantitative estimate of drug-likeness (QED) is 0.750. The molecule has 0 bridgehead atoms. The van der Waals surface area contributed by atoms with E-state index in [1.807, 2.05) is 36.9 Å². The summed E-state index contributed by atoms with van der Waals surface area (Å²) in [6, 6.07) is 3.97. The molecule has 2 fully saturated rings. The molecule has 26 heavy (non-hydrogen) atoms. The molecule has 134 valence electrons. The first-order valence-electron chi connectivity index (χ1n) is 9.27. The van der Waals surface area contributed by atoms with Crippen molar-refractivity contribution in [3.05, 3.63) is 35.3 Å². The Morgan fingerprint density at radius 2 is 2.04 bits per heavy atom. The number of hydrogen-bond donors (Lipinski definition) is 1. The summed E-state index contributed by atoms with van der Waals surface area (Å²) in [4.78, 5) is 17.7. The van der Waals surface area contributed by atoms with Crippen LogP contribution in [0.1, 0.15) is 79.2 Å². The van der Waals surface area contributed by atoms with Crippen molar-refractivity contribution in [1.82, 2.24) is 19.9 Å². The molecule has 3 heterocycles. The highest BCUT2D eigenvalue weighted by Gasteiger charge is 2.34. The number of nitrogens with one attached hydrogen (secondary N) is 1. The van der Waals surface area contributed by atoms with Gasteiger partial charge in [0.25, 0.3) is 11.6 Å². The minimum atomic E-state index is -0.182. The first-order valence-corrected chi connectivity index (χ1v) is 9.27. The number of carbonyl (C=O) groups is 1. The molecule has 5 rings (SSSR count). The van der Waals surface area contributed by atoms with Gasteiger partial charge in [-0.05, 0) is 45.6 Å². The summed E-state index contributed by atoms with van der Waals surface area (Å²) < 4.78 is 7.31. The normalized spacial score (nSPS) is 17.2. The highest BCUT2D eigenvalue weighted by atomic mass is 16.5. The summed E-state index contributed by atoms with van der Waals surface area (Å²) in [6.45, 7) is 4.10. The number of nitrogens with zero attached hydrogens (tertiary/aromatic N) is 4. The predicted octanol–water partition coefficient (Wildman–Crippen LogP) is 4.01. The van der Waals surface area contributed by atoms with Gasteiger partial charge < -0.3 is 9.84 Å². The molecular weight excluding hydrogens is 330 g/mol. The van der Waals surface area contributed by atoms with E-state index >= 15 is 0 Å². The van der Waals surface area contributed by atoms with Crippen molar-refractivity contribution in [1.29, 1.82) is 0 Å². The molecule has 0 spiro atoms. The maximum Gasteiger partial charge on any atom is 0.259 e. The lowest BCUT2D eigenvalue weighted by Gasteiger charge is -2.07. The van der Waals surface area contributed by atoms with Gasteiger partial charge in [0.1, 0.15) is 0 Å². The van der Waals surface area contributed by atoms with Crippen molar-refractivity contribution >= 4 is 22.8 Å². The Hall–Kier alpha value is -2.70. The Morgan fingerprint density at radius 3 is 2.69 bits per heavy atom. The molecule has 0 aromatic carbocycles. The van der Waals surface area contributed by atoms with Gasteiger partial charge in [0.05, 0.1) is 16.6 Å². The number of aromatic nitrogens is 4. The smallest absolute Gasteiger partial charge is 0.259 e. The molecule has 1 N–H and O–H groups in total. The first kappa shape index (κ1) is 15.5. The maximum absolute atomic E-state index is 13.0. The maximum atomic E-state index is 13.0. The highest BCUT2D eigenvalue weighted by Crippen LogP contribution is 2.45. The average Bonchev–Trinajstić information content (AvgIpc) is 3.55. The standard InChI is InChI=1S/C19H21N5O2/c1-10(2)24-8-7-15(22-24)21-18(25)13-9-14(11-3-4-11)20-19-16(13)17(23-26-19)12-5-6-12/h7-12H,3-6H2,1-2H3,(H,21,22,25). The van der Waals surface area contributed by atoms with Crippen LogP contribution in [-0.4, -0.2) is 25.8 Å². The molecule has 0 saturated heterocycles.